The first-order valence-corrected chi connectivity index (χ1v) is 10.6. The van der Waals surface area contributed by atoms with E-state index >= 15 is 0 Å². The molecule has 0 bridgehead atoms. The molecule has 6 nitrogen and oxygen atoms in total. The molecule has 0 saturated heterocycles. The molecule has 152 valence electrons. The molecule has 1 aromatic carbocycles. The molecule has 0 unspecified atom stereocenters. The van der Waals surface area contributed by atoms with Gasteiger partial charge in [0.1, 0.15) is 11.4 Å². The number of benzene rings is 1. The first kappa shape index (κ1) is 19.8. The predicted octanol–water partition coefficient (Wildman–Crippen LogP) is 4.32. The molecule has 2 aromatic heterocycles. The molecule has 1 N–H and O–H groups in total. The number of imide groups is 1. The smallest absolute Gasteiger partial charge is 0.278 e. The minimum absolute atomic E-state index is 0.172. The summed E-state index contributed by atoms with van der Waals surface area (Å²) in [6.07, 6.45) is 4.22. The zero-order valence-corrected chi connectivity index (χ0v) is 17.3. The number of thiophene rings is 1. The molecule has 0 radical (unpaired) electrons. The molecule has 0 saturated carbocycles. The van der Waals surface area contributed by atoms with Crippen molar-refractivity contribution in [3.63, 3.8) is 0 Å². The van der Waals surface area contributed by atoms with Crippen LogP contribution < -0.4 is 10.1 Å². The lowest BCUT2D eigenvalue weighted by atomic mass is 10.2. The molecular formula is C23H21N3O3S. The highest BCUT2D eigenvalue weighted by Crippen LogP contribution is 2.34. The molecule has 7 heteroatoms. The topological polar surface area (TPSA) is 71.5 Å². The molecule has 0 fully saturated rings. The fraction of sp³-hybridized carbons (Fsp3) is 0.174. The van der Waals surface area contributed by atoms with Crippen LogP contribution in [0.2, 0.25) is 0 Å². The fourth-order valence-corrected chi connectivity index (χ4v) is 3.96. The van der Waals surface area contributed by atoms with Crippen molar-refractivity contribution in [3.8, 4) is 5.75 Å². The van der Waals surface area contributed by atoms with Crippen LogP contribution in [-0.4, -0.2) is 28.3 Å². The zero-order chi connectivity index (χ0) is 20.9. The highest BCUT2D eigenvalue weighted by molar-refractivity contribution is 7.11. The molecule has 0 aliphatic carbocycles. The number of aromatic nitrogens is 1. The number of pyridine rings is 1. The summed E-state index contributed by atoms with van der Waals surface area (Å²) < 4.78 is 5.68. The average Bonchev–Trinajstić information content (AvgIpc) is 3.37. The first-order valence-electron chi connectivity index (χ1n) is 9.70. The van der Waals surface area contributed by atoms with E-state index in [4.69, 9.17) is 4.74 Å². The number of hydrogen-bond donors (Lipinski definition) is 1. The van der Waals surface area contributed by atoms with E-state index in [2.05, 4.69) is 10.3 Å². The number of hydrogen-bond acceptors (Lipinski definition) is 6. The number of anilines is 1. The van der Waals surface area contributed by atoms with Gasteiger partial charge in [0.05, 0.1) is 18.7 Å². The van der Waals surface area contributed by atoms with Gasteiger partial charge in [-0.3, -0.25) is 19.5 Å². The van der Waals surface area contributed by atoms with E-state index in [1.165, 1.54) is 16.2 Å². The summed E-state index contributed by atoms with van der Waals surface area (Å²) >= 11 is 1.43. The van der Waals surface area contributed by atoms with Gasteiger partial charge in [-0.1, -0.05) is 25.1 Å². The number of nitrogens with one attached hydrogen (secondary N) is 1. The number of amides is 2. The Balaban J connectivity index is 1.66. The van der Waals surface area contributed by atoms with Crippen LogP contribution >= 0.6 is 11.3 Å². The molecule has 4 rings (SSSR count). The lowest BCUT2D eigenvalue weighted by Gasteiger charge is -2.15. The largest absolute Gasteiger partial charge is 0.494 e. The molecule has 3 heterocycles. The van der Waals surface area contributed by atoms with Gasteiger partial charge in [0.2, 0.25) is 0 Å². The molecule has 3 aromatic rings. The van der Waals surface area contributed by atoms with Crippen molar-refractivity contribution in [2.45, 2.75) is 19.9 Å². The van der Waals surface area contributed by atoms with Crippen LogP contribution in [0.1, 0.15) is 23.8 Å². The van der Waals surface area contributed by atoms with Gasteiger partial charge in [-0.05, 0) is 41.6 Å². The van der Waals surface area contributed by atoms with Gasteiger partial charge < -0.3 is 10.1 Å². The normalized spacial score (nSPS) is 13.8. The summed E-state index contributed by atoms with van der Waals surface area (Å²) in [5.74, 6) is 0.0448. The monoisotopic (exact) mass is 419 g/mol. The van der Waals surface area contributed by atoms with E-state index in [1.807, 2.05) is 54.8 Å². The van der Waals surface area contributed by atoms with Gasteiger partial charge in [-0.25, -0.2) is 0 Å². The third-order valence-electron chi connectivity index (χ3n) is 4.58. The van der Waals surface area contributed by atoms with Crippen LogP contribution in [0.4, 0.5) is 5.69 Å². The van der Waals surface area contributed by atoms with E-state index in [9.17, 15) is 9.59 Å². The molecule has 30 heavy (non-hydrogen) atoms. The second-order valence-electron chi connectivity index (χ2n) is 6.79. The summed E-state index contributed by atoms with van der Waals surface area (Å²) in [6.45, 7) is 2.83. The van der Waals surface area contributed by atoms with E-state index in [0.29, 0.717) is 23.6 Å². The Morgan fingerprint density at radius 3 is 2.73 bits per heavy atom. The van der Waals surface area contributed by atoms with Gasteiger partial charge in [0.15, 0.2) is 0 Å². The molecular weight excluding hydrogens is 398 g/mol. The Morgan fingerprint density at radius 1 is 1.10 bits per heavy atom. The molecule has 2 amide bonds. The van der Waals surface area contributed by atoms with Crippen LogP contribution in [0, 0.1) is 0 Å². The second-order valence-corrected chi connectivity index (χ2v) is 7.73. The van der Waals surface area contributed by atoms with Crippen molar-refractivity contribution in [1.29, 1.82) is 0 Å². The fourth-order valence-electron chi connectivity index (χ4n) is 3.19. The van der Waals surface area contributed by atoms with E-state index in [-0.39, 0.29) is 24.1 Å². The van der Waals surface area contributed by atoms with Crippen LogP contribution in [0.15, 0.2) is 72.0 Å². The molecule has 0 atom stereocenters. The summed E-state index contributed by atoms with van der Waals surface area (Å²) in [4.78, 5) is 32.5. The van der Waals surface area contributed by atoms with Crippen molar-refractivity contribution in [1.82, 2.24) is 9.88 Å². The minimum atomic E-state index is -0.355. The average molecular weight is 420 g/mol. The first-order chi connectivity index (χ1) is 14.7. The standard InChI is InChI=1S/C23H21N3O3S/c1-2-11-29-18-8-3-7-17(13-18)25-21-20(19-9-5-12-30-19)22(27)26(23(21)28)15-16-6-4-10-24-14-16/h3-10,12-14,25H,2,11,15H2,1H3. The summed E-state index contributed by atoms with van der Waals surface area (Å²) in [5.41, 5.74) is 2.15. The maximum atomic E-state index is 13.2. The summed E-state index contributed by atoms with van der Waals surface area (Å²) in [5, 5.41) is 5.06. The third kappa shape index (κ3) is 4.11. The Hall–Kier alpha value is -3.45. The van der Waals surface area contributed by atoms with Gasteiger partial charge >= 0.3 is 0 Å². The number of carbonyl (C=O) groups excluding carboxylic acids is 2. The van der Waals surface area contributed by atoms with Gasteiger partial charge in [-0.15, -0.1) is 11.3 Å². The lowest BCUT2D eigenvalue weighted by Crippen LogP contribution is -2.32. The highest BCUT2D eigenvalue weighted by Gasteiger charge is 2.39. The molecule has 1 aliphatic heterocycles. The van der Waals surface area contributed by atoms with E-state index in [1.54, 1.807) is 18.5 Å². The number of carbonyl (C=O) groups is 2. The van der Waals surface area contributed by atoms with Gasteiger partial charge in [0.25, 0.3) is 11.8 Å². The Labute approximate surface area is 178 Å². The summed E-state index contributed by atoms with van der Waals surface area (Å²) in [6, 6.07) is 14.7. The summed E-state index contributed by atoms with van der Waals surface area (Å²) in [7, 11) is 0. The Morgan fingerprint density at radius 2 is 2.00 bits per heavy atom. The van der Waals surface area contributed by atoms with Gasteiger partial charge in [-0.2, -0.15) is 0 Å². The highest BCUT2D eigenvalue weighted by atomic mass is 32.1. The third-order valence-corrected chi connectivity index (χ3v) is 5.46. The van der Waals surface area contributed by atoms with Crippen molar-refractivity contribution < 1.29 is 14.3 Å². The maximum Gasteiger partial charge on any atom is 0.278 e. The lowest BCUT2D eigenvalue weighted by molar-refractivity contribution is -0.137. The van der Waals surface area contributed by atoms with Crippen molar-refractivity contribution in [2.24, 2.45) is 0 Å². The number of ether oxygens (including phenoxy) is 1. The van der Waals surface area contributed by atoms with Crippen LogP contribution in [0.3, 0.4) is 0 Å². The second kappa shape index (κ2) is 8.92. The maximum absolute atomic E-state index is 13.2. The Bertz CT molecular complexity index is 1080. The van der Waals surface area contributed by atoms with Crippen LogP contribution in [0.25, 0.3) is 5.57 Å². The minimum Gasteiger partial charge on any atom is -0.494 e. The SMILES string of the molecule is CCCOc1cccc(NC2=C(c3cccs3)C(=O)N(Cc3cccnc3)C2=O)c1. The van der Waals surface area contributed by atoms with Crippen molar-refractivity contribution >= 4 is 34.4 Å². The molecule has 1 aliphatic rings. The number of rotatable bonds is 8. The predicted molar refractivity (Wildman–Crippen MR) is 117 cm³/mol. The number of nitrogens with zero attached hydrogens (tertiary/aromatic N) is 2. The van der Waals surface area contributed by atoms with Crippen LogP contribution in [-0.2, 0) is 16.1 Å². The zero-order valence-electron chi connectivity index (χ0n) is 16.5. The Kier molecular flexibility index (Phi) is 5.90. The van der Waals surface area contributed by atoms with E-state index in [0.717, 1.165) is 16.9 Å². The van der Waals surface area contributed by atoms with Crippen LogP contribution in [0.5, 0.6) is 5.75 Å². The molecule has 0 spiro atoms. The van der Waals surface area contributed by atoms with Crippen molar-refractivity contribution in [3.05, 3.63) is 82.4 Å². The quantitative estimate of drug-likeness (QED) is 0.551. The van der Waals surface area contributed by atoms with Crippen molar-refractivity contribution in [2.75, 3.05) is 11.9 Å². The van der Waals surface area contributed by atoms with Gasteiger partial charge in [0, 0.05) is 29.0 Å². The van der Waals surface area contributed by atoms with E-state index < -0.39 is 0 Å².